The molecule has 2 aliphatic rings. The van der Waals surface area contributed by atoms with Gasteiger partial charge in [-0.15, -0.1) is 0 Å². The summed E-state index contributed by atoms with van der Waals surface area (Å²) >= 11 is 0. The van der Waals surface area contributed by atoms with Gasteiger partial charge in [-0.1, -0.05) is 6.07 Å². The number of fused-ring (bicyclic) bond motifs is 1. The zero-order chi connectivity index (χ0) is 13.4. The maximum atomic E-state index is 5.93. The second-order valence-corrected chi connectivity index (χ2v) is 4.99. The molecule has 104 valence electrons. The van der Waals surface area contributed by atoms with Crippen molar-refractivity contribution in [3.8, 4) is 22.8 Å². The summed E-state index contributed by atoms with van der Waals surface area (Å²) in [5, 5.41) is 0. The largest absolute Gasteiger partial charge is 0.454 e. The summed E-state index contributed by atoms with van der Waals surface area (Å²) in [7, 11) is 0. The van der Waals surface area contributed by atoms with E-state index < -0.39 is 0 Å². The fourth-order valence-corrected chi connectivity index (χ4v) is 2.67. The molecule has 20 heavy (non-hydrogen) atoms. The van der Waals surface area contributed by atoms with Gasteiger partial charge in [-0.25, -0.2) is 4.98 Å². The van der Waals surface area contributed by atoms with E-state index in [0.717, 1.165) is 54.8 Å². The Labute approximate surface area is 116 Å². The molecule has 0 atom stereocenters. The fourth-order valence-electron chi connectivity index (χ4n) is 2.67. The van der Waals surface area contributed by atoms with E-state index >= 15 is 0 Å². The third-order valence-electron chi connectivity index (χ3n) is 3.76. The Morgan fingerprint density at radius 2 is 2.00 bits per heavy atom. The van der Waals surface area contributed by atoms with Crippen LogP contribution in [-0.2, 0) is 4.74 Å². The lowest BCUT2D eigenvalue weighted by Crippen LogP contribution is -2.14. The van der Waals surface area contributed by atoms with Crippen molar-refractivity contribution in [1.82, 2.24) is 4.98 Å². The number of hydrogen-bond acceptors (Lipinski definition) is 5. The van der Waals surface area contributed by atoms with Crippen molar-refractivity contribution >= 4 is 0 Å². The average molecular weight is 273 g/mol. The van der Waals surface area contributed by atoms with E-state index in [0.29, 0.717) is 5.92 Å². The molecule has 1 aromatic heterocycles. The van der Waals surface area contributed by atoms with E-state index in [4.69, 9.17) is 18.6 Å². The van der Waals surface area contributed by atoms with E-state index in [1.807, 2.05) is 18.2 Å². The van der Waals surface area contributed by atoms with Crippen LogP contribution in [0, 0.1) is 0 Å². The highest BCUT2D eigenvalue weighted by Gasteiger charge is 2.24. The number of aromatic nitrogens is 1. The van der Waals surface area contributed by atoms with Crippen LogP contribution in [0.3, 0.4) is 0 Å². The second kappa shape index (κ2) is 4.83. The molecule has 4 rings (SSSR count). The summed E-state index contributed by atoms with van der Waals surface area (Å²) in [5.74, 6) is 3.37. The van der Waals surface area contributed by atoms with E-state index in [2.05, 4.69) is 4.98 Å². The lowest BCUT2D eigenvalue weighted by Gasteiger charge is -2.18. The van der Waals surface area contributed by atoms with E-state index in [9.17, 15) is 0 Å². The number of ether oxygens (including phenoxy) is 3. The topological polar surface area (TPSA) is 53.7 Å². The molecule has 0 aliphatic carbocycles. The third-order valence-corrected chi connectivity index (χ3v) is 3.76. The molecular weight excluding hydrogens is 258 g/mol. The normalized spacial score (nSPS) is 18.4. The van der Waals surface area contributed by atoms with Crippen molar-refractivity contribution in [1.29, 1.82) is 0 Å². The first-order chi connectivity index (χ1) is 9.92. The Bertz CT molecular complexity index is 616. The van der Waals surface area contributed by atoms with Crippen molar-refractivity contribution in [2.75, 3.05) is 20.0 Å². The minimum Gasteiger partial charge on any atom is -0.454 e. The lowest BCUT2D eigenvalue weighted by atomic mass is 10.0. The van der Waals surface area contributed by atoms with Crippen molar-refractivity contribution < 1.29 is 18.6 Å². The number of oxazole rings is 1. The molecule has 1 fully saturated rings. The van der Waals surface area contributed by atoms with E-state index in [1.54, 1.807) is 6.20 Å². The lowest BCUT2D eigenvalue weighted by molar-refractivity contribution is 0.0796. The number of rotatable bonds is 2. The minimum absolute atomic E-state index is 0.257. The fraction of sp³-hybridized carbons (Fsp3) is 0.400. The van der Waals surface area contributed by atoms with Crippen LogP contribution in [0.1, 0.15) is 24.7 Å². The molecule has 5 heteroatoms. The van der Waals surface area contributed by atoms with E-state index in [1.165, 1.54) is 0 Å². The van der Waals surface area contributed by atoms with Crippen LogP contribution in [0.2, 0.25) is 0 Å². The Morgan fingerprint density at radius 1 is 1.10 bits per heavy atom. The molecule has 1 aromatic carbocycles. The Hall–Kier alpha value is -2.01. The number of para-hydroxylation sites is 1. The second-order valence-electron chi connectivity index (χ2n) is 4.99. The van der Waals surface area contributed by atoms with Crippen molar-refractivity contribution in [3.05, 3.63) is 30.3 Å². The highest BCUT2D eigenvalue weighted by atomic mass is 16.7. The minimum atomic E-state index is 0.257. The molecule has 5 nitrogen and oxygen atoms in total. The van der Waals surface area contributed by atoms with Crippen LogP contribution in [0.4, 0.5) is 0 Å². The zero-order valence-corrected chi connectivity index (χ0v) is 11.0. The molecule has 0 unspecified atom stereocenters. The summed E-state index contributed by atoms with van der Waals surface area (Å²) < 4.78 is 22.2. The monoisotopic (exact) mass is 273 g/mol. The van der Waals surface area contributed by atoms with Gasteiger partial charge in [0.2, 0.25) is 6.79 Å². The summed E-state index contributed by atoms with van der Waals surface area (Å²) in [6.07, 6.45) is 3.70. The smallest absolute Gasteiger partial charge is 0.231 e. The first-order valence-corrected chi connectivity index (χ1v) is 6.84. The van der Waals surface area contributed by atoms with Crippen molar-refractivity contribution in [2.45, 2.75) is 18.8 Å². The van der Waals surface area contributed by atoms with Crippen LogP contribution in [0.25, 0.3) is 11.3 Å². The Morgan fingerprint density at radius 3 is 2.90 bits per heavy atom. The van der Waals surface area contributed by atoms with Crippen LogP contribution < -0.4 is 9.47 Å². The van der Waals surface area contributed by atoms with Gasteiger partial charge in [0, 0.05) is 19.1 Å². The first-order valence-electron chi connectivity index (χ1n) is 6.84. The van der Waals surface area contributed by atoms with Crippen LogP contribution in [0.15, 0.2) is 28.8 Å². The van der Waals surface area contributed by atoms with Gasteiger partial charge in [0.05, 0.1) is 11.8 Å². The van der Waals surface area contributed by atoms with Gasteiger partial charge in [-0.3, -0.25) is 0 Å². The Balaban J connectivity index is 1.66. The Kier molecular flexibility index (Phi) is 2.85. The van der Waals surface area contributed by atoms with Gasteiger partial charge in [-0.2, -0.15) is 0 Å². The van der Waals surface area contributed by atoms with Gasteiger partial charge < -0.3 is 18.6 Å². The average Bonchev–Trinajstić information content (AvgIpc) is 3.17. The van der Waals surface area contributed by atoms with Crippen molar-refractivity contribution in [3.63, 3.8) is 0 Å². The molecule has 0 saturated carbocycles. The third kappa shape index (κ3) is 1.94. The molecule has 0 spiro atoms. The predicted octanol–water partition coefficient (Wildman–Crippen LogP) is 2.96. The highest BCUT2D eigenvalue weighted by Crippen LogP contribution is 2.42. The quantitative estimate of drug-likeness (QED) is 0.842. The van der Waals surface area contributed by atoms with E-state index in [-0.39, 0.29) is 6.79 Å². The first kappa shape index (κ1) is 11.8. The summed E-state index contributed by atoms with van der Waals surface area (Å²) in [5.41, 5.74) is 0.894. The molecule has 1 saturated heterocycles. The van der Waals surface area contributed by atoms with Gasteiger partial charge in [0.15, 0.2) is 23.1 Å². The SMILES string of the molecule is c1cc2c(c(-c3cnc(C4CCOCC4)o3)c1)OCO2. The summed E-state index contributed by atoms with van der Waals surface area (Å²) in [4.78, 5) is 4.42. The number of hydrogen-bond donors (Lipinski definition) is 0. The van der Waals surface area contributed by atoms with Crippen LogP contribution in [-0.4, -0.2) is 25.0 Å². The van der Waals surface area contributed by atoms with Crippen molar-refractivity contribution in [2.24, 2.45) is 0 Å². The molecule has 0 N–H and O–H groups in total. The van der Waals surface area contributed by atoms with Gasteiger partial charge in [-0.05, 0) is 25.0 Å². The van der Waals surface area contributed by atoms with Crippen LogP contribution >= 0.6 is 0 Å². The van der Waals surface area contributed by atoms with Gasteiger partial charge in [0.1, 0.15) is 0 Å². The maximum absolute atomic E-state index is 5.93. The molecule has 0 radical (unpaired) electrons. The standard InChI is InChI=1S/C15H15NO4/c1-2-11(14-12(3-1)18-9-19-14)13-8-16-15(20-13)10-4-6-17-7-5-10/h1-3,8,10H,4-7,9H2. The summed E-state index contributed by atoms with van der Waals surface area (Å²) in [6.45, 7) is 1.81. The number of benzene rings is 1. The molecule has 0 bridgehead atoms. The van der Waals surface area contributed by atoms with Crippen LogP contribution in [0.5, 0.6) is 11.5 Å². The molecule has 2 aromatic rings. The molecule has 0 amide bonds. The summed E-state index contributed by atoms with van der Waals surface area (Å²) in [6, 6.07) is 5.78. The molecule has 2 aliphatic heterocycles. The zero-order valence-electron chi connectivity index (χ0n) is 11.0. The molecule has 3 heterocycles. The predicted molar refractivity (Wildman–Crippen MR) is 70.9 cm³/mol. The maximum Gasteiger partial charge on any atom is 0.231 e. The van der Waals surface area contributed by atoms with Gasteiger partial charge >= 0.3 is 0 Å². The molecular formula is C15H15NO4. The highest BCUT2D eigenvalue weighted by molar-refractivity contribution is 5.70. The van der Waals surface area contributed by atoms with Gasteiger partial charge in [0.25, 0.3) is 0 Å². The number of nitrogens with zero attached hydrogens (tertiary/aromatic N) is 1.